The number of ketones is 2. The molecule has 11 nitrogen and oxygen atoms in total. The van der Waals surface area contributed by atoms with Crippen LogP contribution in [0.2, 0.25) is 0 Å². The maximum atomic E-state index is 13.5. The van der Waals surface area contributed by atoms with Gasteiger partial charge in [-0.15, -0.1) is 0 Å². The number of ether oxygens (including phenoxy) is 1. The van der Waals surface area contributed by atoms with Crippen molar-refractivity contribution in [3.63, 3.8) is 0 Å². The van der Waals surface area contributed by atoms with E-state index in [1.165, 1.54) is 17.7 Å². The number of phenolic OH excluding ortho intramolecular Hbond substituents is 2. The summed E-state index contributed by atoms with van der Waals surface area (Å²) >= 11 is 0. The summed E-state index contributed by atoms with van der Waals surface area (Å²) in [4.78, 5) is 62.4. The van der Waals surface area contributed by atoms with Crippen LogP contribution in [0.3, 0.4) is 0 Å². The third kappa shape index (κ3) is 7.92. The standard InChI is InChI=1S/C39H54N2O9/c1-37-17-13-27(42)23-26(37)8-9-28-29(37)14-18-38(2)30(28)15-19-39(38,49)33(45)24-50-36(48)12-11-35(47)40-20-5-3-4-6-34(46)41-21-16-25-7-10-31(43)32(44)22-25/h7,10,22-23,28-30,43-44,49H,3-6,8-9,11-21,24H2,1-2H3,(H,40,47)(H,41,46)/t28-,29+,30+,37-,38+,39-/m0/s1. The van der Waals surface area contributed by atoms with E-state index in [9.17, 15) is 39.3 Å². The summed E-state index contributed by atoms with van der Waals surface area (Å²) in [5.41, 5.74) is -0.0574. The van der Waals surface area contributed by atoms with Crippen molar-refractivity contribution in [1.82, 2.24) is 10.6 Å². The summed E-state index contributed by atoms with van der Waals surface area (Å²) < 4.78 is 5.28. The molecule has 5 rings (SSSR count). The Hall–Kier alpha value is -3.73. The number of allylic oxidation sites excluding steroid dienone is 1. The molecule has 0 saturated heterocycles. The van der Waals surface area contributed by atoms with Gasteiger partial charge in [0, 0.05) is 37.8 Å². The molecule has 5 N–H and O–H groups in total. The maximum absolute atomic E-state index is 13.5. The summed E-state index contributed by atoms with van der Waals surface area (Å²) in [6, 6.07) is 4.56. The van der Waals surface area contributed by atoms with Gasteiger partial charge in [-0.3, -0.25) is 24.0 Å². The van der Waals surface area contributed by atoms with Crippen LogP contribution < -0.4 is 10.6 Å². The molecule has 3 saturated carbocycles. The molecule has 1 aromatic rings. The maximum Gasteiger partial charge on any atom is 0.306 e. The number of aromatic hydroxyl groups is 2. The smallest absolute Gasteiger partial charge is 0.306 e. The predicted molar refractivity (Wildman–Crippen MR) is 185 cm³/mol. The molecular weight excluding hydrogens is 640 g/mol. The summed E-state index contributed by atoms with van der Waals surface area (Å²) in [5, 5.41) is 36.4. The van der Waals surface area contributed by atoms with Crippen LogP contribution in [0, 0.1) is 28.6 Å². The Balaban J connectivity index is 0.951. The number of unbranched alkanes of at least 4 members (excludes halogenated alkanes) is 2. The average molecular weight is 695 g/mol. The number of rotatable bonds is 15. The number of hydrogen-bond donors (Lipinski definition) is 5. The van der Waals surface area contributed by atoms with Crippen LogP contribution in [-0.4, -0.2) is 70.0 Å². The highest BCUT2D eigenvalue weighted by atomic mass is 16.5. The largest absolute Gasteiger partial charge is 0.504 e. The number of esters is 1. The first-order chi connectivity index (χ1) is 23.8. The van der Waals surface area contributed by atoms with Crippen molar-refractivity contribution in [1.29, 1.82) is 0 Å². The number of carbonyl (C=O) groups excluding carboxylic acids is 5. The van der Waals surface area contributed by atoms with Gasteiger partial charge in [0.25, 0.3) is 0 Å². The highest BCUT2D eigenvalue weighted by molar-refractivity contribution is 5.92. The van der Waals surface area contributed by atoms with Crippen molar-refractivity contribution in [3.05, 3.63) is 35.4 Å². The van der Waals surface area contributed by atoms with Crippen LogP contribution >= 0.6 is 0 Å². The fourth-order valence-corrected chi connectivity index (χ4v) is 9.65. The van der Waals surface area contributed by atoms with E-state index in [1.54, 1.807) is 6.07 Å². The van der Waals surface area contributed by atoms with Crippen LogP contribution in [-0.2, 0) is 35.1 Å². The van der Waals surface area contributed by atoms with E-state index in [0.717, 1.165) is 44.1 Å². The number of carbonyl (C=O) groups is 5. The molecule has 4 aliphatic rings. The lowest BCUT2D eigenvalue weighted by molar-refractivity contribution is -0.170. The highest BCUT2D eigenvalue weighted by Gasteiger charge is 2.66. The average Bonchev–Trinajstić information content (AvgIpc) is 3.37. The van der Waals surface area contributed by atoms with Gasteiger partial charge in [0.1, 0.15) is 5.60 Å². The van der Waals surface area contributed by atoms with Crippen LogP contribution in [0.15, 0.2) is 29.8 Å². The van der Waals surface area contributed by atoms with Crippen molar-refractivity contribution >= 4 is 29.4 Å². The number of Topliss-reactive ketones (excluding diaryl/α,β-unsaturated/α-hetero) is 1. The molecule has 1 aromatic carbocycles. The van der Waals surface area contributed by atoms with Crippen LogP contribution in [0.4, 0.5) is 0 Å². The zero-order valence-corrected chi connectivity index (χ0v) is 29.6. The second-order valence-corrected chi connectivity index (χ2v) is 15.5. The zero-order chi connectivity index (χ0) is 36.1. The van der Waals surface area contributed by atoms with E-state index in [-0.39, 0.29) is 53.3 Å². The molecule has 0 bridgehead atoms. The van der Waals surface area contributed by atoms with Gasteiger partial charge >= 0.3 is 5.97 Å². The van der Waals surface area contributed by atoms with Crippen molar-refractivity contribution < 1.29 is 44.0 Å². The number of fused-ring (bicyclic) bond motifs is 5. The third-order valence-electron chi connectivity index (χ3n) is 12.7. The number of benzene rings is 1. The normalized spacial score (nSPS) is 29.9. The topological polar surface area (TPSA) is 179 Å². The fourth-order valence-electron chi connectivity index (χ4n) is 9.65. The molecule has 4 aliphatic carbocycles. The monoisotopic (exact) mass is 694 g/mol. The van der Waals surface area contributed by atoms with Crippen molar-refractivity contribution in [2.24, 2.45) is 28.6 Å². The Kier molecular flexibility index (Phi) is 11.8. The molecule has 0 radical (unpaired) electrons. The van der Waals surface area contributed by atoms with Gasteiger partial charge in [-0.2, -0.15) is 0 Å². The quantitative estimate of drug-likeness (QED) is 0.0998. The molecule has 6 atom stereocenters. The third-order valence-corrected chi connectivity index (χ3v) is 12.7. The molecule has 50 heavy (non-hydrogen) atoms. The van der Waals surface area contributed by atoms with Gasteiger partial charge in [0.2, 0.25) is 17.6 Å². The molecule has 0 aliphatic heterocycles. The number of amides is 2. The van der Waals surface area contributed by atoms with E-state index in [0.29, 0.717) is 69.9 Å². The SMILES string of the molecule is C[C@]12CCC(=O)C=C1CC[C@H]1[C@H]2CC[C@]2(C)[C@@H]1CC[C@]2(O)C(=O)COC(=O)CCC(=O)NCCCCCC(=O)NCCc1ccc(O)c(O)c1. The Morgan fingerprint density at radius 3 is 2.36 bits per heavy atom. The summed E-state index contributed by atoms with van der Waals surface area (Å²) in [6.07, 6.45) is 10.7. The summed E-state index contributed by atoms with van der Waals surface area (Å²) in [5.74, 6) is -0.619. The second kappa shape index (κ2) is 15.7. The van der Waals surface area contributed by atoms with Gasteiger partial charge in [-0.1, -0.05) is 31.9 Å². The van der Waals surface area contributed by atoms with Crippen LogP contribution in [0.5, 0.6) is 11.5 Å². The minimum Gasteiger partial charge on any atom is -0.504 e. The number of aliphatic hydroxyl groups is 1. The van der Waals surface area contributed by atoms with E-state index in [2.05, 4.69) is 17.6 Å². The Labute approximate surface area is 294 Å². The minimum absolute atomic E-state index is 0.00784. The van der Waals surface area contributed by atoms with Crippen molar-refractivity contribution in [3.8, 4) is 11.5 Å². The lowest BCUT2D eigenvalue weighted by atomic mass is 9.46. The van der Waals surface area contributed by atoms with Gasteiger partial charge in [0.05, 0.1) is 6.42 Å². The number of hydrogen-bond acceptors (Lipinski definition) is 9. The Morgan fingerprint density at radius 2 is 1.58 bits per heavy atom. The zero-order valence-electron chi connectivity index (χ0n) is 29.6. The minimum atomic E-state index is -1.56. The van der Waals surface area contributed by atoms with E-state index < -0.39 is 29.4 Å². The first kappa shape index (κ1) is 37.5. The Bertz CT molecular complexity index is 1510. The van der Waals surface area contributed by atoms with E-state index in [1.807, 2.05) is 13.0 Å². The Morgan fingerprint density at radius 1 is 0.840 bits per heavy atom. The number of phenols is 2. The molecule has 3 fully saturated rings. The van der Waals surface area contributed by atoms with Gasteiger partial charge in [0.15, 0.2) is 23.9 Å². The van der Waals surface area contributed by atoms with Crippen LogP contribution in [0.25, 0.3) is 0 Å². The van der Waals surface area contributed by atoms with Crippen molar-refractivity contribution in [2.45, 2.75) is 116 Å². The molecular formula is C39H54N2O9. The lowest BCUT2D eigenvalue weighted by Crippen LogP contribution is -2.58. The lowest BCUT2D eigenvalue weighted by Gasteiger charge is -2.58. The molecule has 0 unspecified atom stereocenters. The molecule has 2 amide bonds. The summed E-state index contributed by atoms with van der Waals surface area (Å²) in [6.45, 7) is 4.67. The fraction of sp³-hybridized carbons (Fsp3) is 0.667. The van der Waals surface area contributed by atoms with Crippen LogP contribution in [0.1, 0.15) is 109 Å². The molecule has 274 valence electrons. The molecule has 0 aromatic heterocycles. The van der Waals surface area contributed by atoms with E-state index in [4.69, 9.17) is 4.74 Å². The first-order valence-electron chi connectivity index (χ1n) is 18.5. The summed E-state index contributed by atoms with van der Waals surface area (Å²) in [7, 11) is 0. The van der Waals surface area contributed by atoms with E-state index >= 15 is 0 Å². The predicted octanol–water partition coefficient (Wildman–Crippen LogP) is 4.59. The second-order valence-electron chi connectivity index (χ2n) is 15.5. The highest BCUT2D eigenvalue weighted by Crippen LogP contribution is 2.67. The van der Waals surface area contributed by atoms with Gasteiger partial charge < -0.3 is 30.7 Å². The molecule has 0 spiro atoms. The molecule has 0 heterocycles. The molecule has 11 heteroatoms. The van der Waals surface area contributed by atoms with Gasteiger partial charge in [-0.25, -0.2) is 0 Å². The number of nitrogens with one attached hydrogen (secondary N) is 2. The van der Waals surface area contributed by atoms with Crippen molar-refractivity contribution in [2.75, 3.05) is 19.7 Å². The first-order valence-corrected chi connectivity index (χ1v) is 18.5. The van der Waals surface area contributed by atoms with Gasteiger partial charge in [-0.05, 0) is 111 Å².